The standard InChI is InChI=1S/C22H31N3O3/c1-17-5-6-18(14-21(17)26-2)7-10-23-22(25-15-19-9-13-27-16-19)24-11-8-20-4-3-12-28-20/h3-6,12,14,19H,7-11,13,15-16H2,1-2H3,(H2,23,24,25). The van der Waals surface area contributed by atoms with Gasteiger partial charge in [-0.3, -0.25) is 4.99 Å². The predicted octanol–water partition coefficient (Wildman–Crippen LogP) is 2.95. The highest BCUT2D eigenvalue weighted by Crippen LogP contribution is 2.19. The zero-order chi connectivity index (χ0) is 19.6. The van der Waals surface area contributed by atoms with Crippen LogP contribution in [-0.4, -0.2) is 45.9 Å². The maximum Gasteiger partial charge on any atom is 0.191 e. The molecule has 0 bridgehead atoms. The van der Waals surface area contributed by atoms with E-state index in [2.05, 4.69) is 35.8 Å². The highest BCUT2D eigenvalue weighted by atomic mass is 16.5. The first kappa shape index (κ1) is 20.3. The first-order valence-electron chi connectivity index (χ1n) is 10.0. The van der Waals surface area contributed by atoms with Crippen molar-refractivity contribution >= 4 is 5.96 Å². The van der Waals surface area contributed by atoms with Crippen LogP contribution in [0.3, 0.4) is 0 Å². The molecule has 0 aliphatic carbocycles. The number of aryl methyl sites for hydroxylation is 1. The Morgan fingerprint density at radius 1 is 1.21 bits per heavy atom. The average Bonchev–Trinajstić information content (AvgIpc) is 3.41. The van der Waals surface area contributed by atoms with Gasteiger partial charge in [-0.25, -0.2) is 0 Å². The number of ether oxygens (including phenoxy) is 2. The average molecular weight is 386 g/mol. The lowest BCUT2D eigenvalue weighted by atomic mass is 10.1. The maximum absolute atomic E-state index is 5.46. The van der Waals surface area contributed by atoms with E-state index in [4.69, 9.17) is 18.9 Å². The van der Waals surface area contributed by atoms with Gasteiger partial charge in [-0.1, -0.05) is 12.1 Å². The Bertz CT molecular complexity index is 737. The van der Waals surface area contributed by atoms with Crippen molar-refractivity contribution in [2.75, 3.05) is 40.0 Å². The molecule has 152 valence electrons. The highest BCUT2D eigenvalue weighted by Gasteiger charge is 2.15. The third kappa shape index (κ3) is 6.30. The molecular formula is C22H31N3O3. The smallest absolute Gasteiger partial charge is 0.191 e. The van der Waals surface area contributed by atoms with Crippen LogP contribution in [0.15, 0.2) is 46.0 Å². The zero-order valence-corrected chi connectivity index (χ0v) is 16.9. The first-order valence-corrected chi connectivity index (χ1v) is 10.0. The van der Waals surface area contributed by atoms with Crippen LogP contribution in [0.4, 0.5) is 0 Å². The third-order valence-electron chi connectivity index (χ3n) is 4.95. The van der Waals surface area contributed by atoms with Gasteiger partial charge in [-0.2, -0.15) is 0 Å². The van der Waals surface area contributed by atoms with Gasteiger partial charge in [0.1, 0.15) is 11.5 Å². The summed E-state index contributed by atoms with van der Waals surface area (Å²) in [7, 11) is 1.71. The molecule has 1 unspecified atom stereocenters. The molecule has 1 aliphatic heterocycles. The van der Waals surface area contributed by atoms with Crippen molar-refractivity contribution < 1.29 is 13.9 Å². The minimum Gasteiger partial charge on any atom is -0.496 e. The van der Waals surface area contributed by atoms with Gasteiger partial charge in [0.25, 0.3) is 0 Å². The molecule has 2 aromatic rings. The van der Waals surface area contributed by atoms with Gasteiger partial charge in [0.05, 0.1) is 20.0 Å². The summed E-state index contributed by atoms with van der Waals surface area (Å²) in [4.78, 5) is 4.76. The molecule has 1 aromatic heterocycles. The molecule has 6 nitrogen and oxygen atoms in total. The monoisotopic (exact) mass is 385 g/mol. The van der Waals surface area contributed by atoms with Crippen molar-refractivity contribution in [1.29, 1.82) is 0 Å². The first-order chi connectivity index (χ1) is 13.7. The van der Waals surface area contributed by atoms with Crippen LogP contribution in [0, 0.1) is 12.8 Å². The number of hydrogen-bond acceptors (Lipinski definition) is 4. The summed E-state index contributed by atoms with van der Waals surface area (Å²) in [6.07, 6.45) is 4.53. The minimum absolute atomic E-state index is 0.519. The lowest BCUT2D eigenvalue weighted by Crippen LogP contribution is -2.39. The highest BCUT2D eigenvalue weighted by molar-refractivity contribution is 5.79. The van der Waals surface area contributed by atoms with Crippen molar-refractivity contribution in [2.24, 2.45) is 10.9 Å². The molecule has 0 radical (unpaired) electrons. The number of benzene rings is 1. The second kappa shape index (κ2) is 10.8. The van der Waals surface area contributed by atoms with Crippen molar-refractivity contribution in [3.63, 3.8) is 0 Å². The maximum atomic E-state index is 5.46. The van der Waals surface area contributed by atoms with Gasteiger partial charge >= 0.3 is 0 Å². The lowest BCUT2D eigenvalue weighted by molar-refractivity contribution is 0.187. The zero-order valence-electron chi connectivity index (χ0n) is 16.9. The molecule has 2 N–H and O–H groups in total. The molecule has 1 atom stereocenters. The normalized spacial score (nSPS) is 16.9. The SMILES string of the molecule is COc1cc(CCNC(=NCC2CCOC2)NCCc2ccco2)ccc1C. The Morgan fingerprint density at radius 2 is 2.07 bits per heavy atom. The largest absolute Gasteiger partial charge is 0.496 e. The minimum atomic E-state index is 0.519. The Morgan fingerprint density at radius 3 is 2.79 bits per heavy atom. The molecule has 1 saturated heterocycles. The number of rotatable bonds is 9. The summed E-state index contributed by atoms with van der Waals surface area (Å²) in [6, 6.07) is 10.3. The number of aliphatic imine (C=N–C) groups is 1. The fourth-order valence-electron chi connectivity index (χ4n) is 3.23. The van der Waals surface area contributed by atoms with E-state index in [-0.39, 0.29) is 0 Å². The third-order valence-corrected chi connectivity index (χ3v) is 4.95. The summed E-state index contributed by atoms with van der Waals surface area (Å²) in [5, 5.41) is 6.86. The van der Waals surface area contributed by atoms with Gasteiger partial charge < -0.3 is 24.5 Å². The van der Waals surface area contributed by atoms with E-state index in [1.165, 1.54) is 5.56 Å². The van der Waals surface area contributed by atoms with Gasteiger partial charge in [-0.05, 0) is 49.1 Å². The van der Waals surface area contributed by atoms with Crippen molar-refractivity contribution in [3.05, 3.63) is 53.5 Å². The molecule has 0 saturated carbocycles. The van der Waals surface area contributed by atoms with Crippen LogP contribution >= 0.6 is 0 Å². The van der Waals surface area contributed by atoms with Crippen molar-refractivity contribution in [2.45, 2.75) is 26.2 Å². The lowest BCUT2D eigenvalue weighted by Gasteiger charge is -2.14. The summed E-state index contributed by atoms with van der Waals surface area (Å²) >= 11 is 0. The predicted molar refractivity (Wildman–Crippen MR) is 111 cm³/mol. The molecule has 2 heterocycles. The number of hydrogen-bond donors (Lipinski definition) is 2. The summed E-state index contributed by atoms with van der Waals surface area (Å²) < 4.78 is 16.3. The Balaban J connectivity index is 1.50. The molecule has 1 fully saturated rings. The Labute approximate surface area is 167 Å². The van der Waals surface area contributed by atoms with Crippen LogP contribution in [0.2, 0.25) is 0 Å². The molecule has 3 rings (SSSR count). The number of methoxy groups -OCH3 is 1. The van der Waals surface area contributed by atoms with E-state index in [0.717, 1.165) is 75.1 Å². The van der Waals surface area contributed by atoms with Gasteiger partial charge in [0.2, 0.25) is 0 Å². The van der Waals surface area contributed by atoms with Crippen molar-refractivity contribution in [3.8, 4) is 5.75 Å². The van der Waals surface area contributed by atoms with Gasteiger partial charge in [0.15, 0.2) is 5.96 Å². The number of guanidine groups is 1. The van der Waals surface area contributed by atoms with Crippen LogP contribution in [0.25, 0.3) is 0 Å². The Hall–Kier alpha value is -2.47. The van der Waals surface area contributed by atoms with E-state index >= 15 is 0 Å². The van der Waals surface area contributed by atoms with Crippen LogP contribution in [0.1, 0.15) is 23.3 Å². The topological polar surface area (TPSA) is 68.0 Å². The van der Waals surface area contributed by atoms with E-state index < -0.39 is 0 Å². The van der Waals surface area contributed by atoms with Crippen LogP contribution in [-0.2, 0) is 17.6 Å². The van der Waals surface area contributed by atoms with Gasteiger partial charge in [0, 0.05) is 38.6 Å². The summed E-state index contributed by atoms with van der Waals surface area (Å²) in [6.45, 7) is 6.09. The summed E-state index contributed by atoms with van der Waals surface area (Å²) in [5.74, 6) is 3.27. The fraction of sp³-hybridized carbons (Fsp3) is 0.500. The quantitative estimate of drug-likeness (QED) is 0.513. The van der Waals surface area contributed by atoms with Gasteiger partial charge in [-0.15, -0.1) is 0 Å². The van der Waals surface area contributed by atoms with E-state index in [1.807, 2.05) is 12.1 Å². The number of nitrogens with one attached hydrogen (secondary N) is 2. The molecule has 1 aliphatic rings. The second-order valence-electron chi connectivity index (χ2n) is 7.16. The molecule has 1 aromatic carbocycles. The van der Waals surface area contributed by atoms with E-state index in [9.17, 15) is 0 Å². The second-order valence-corrected chi connectivity index (χ2v) is 7.16. The van der Waals surface area contributed by atoms with Crippen LogP contribution in [0.5, 0.6) is 5.75 Å². The number of furan rings is 1. The molecule has 28 heavy (non-hydrogen) atoms. The fourth-order valence-corrected chi connectivity index (χ4v) is 3.23. The molecule has 6 heteroatoms. The molecule has 0 spiro atoms. The molecule has 0 amide bonds. The Kier molecular flexibility index (Phi) is 7.79. The molecular weight excluding hydrogens is 354 g/mol. The van der Waals surface area contributed by atoms with E-state index in [0.29, 0.717) is 5.92 Å². The number of nitrogens with zero attached hydrogens (tertiary/aromatic N) is 1. The van der Waals surface area contributed by atoms with E-state index in [1.54, 1.807) is 13.4 Å². The van der Waals surface area contributed by atoms with Crippen LogP contribution < -0.4 is 15.4 Å². The summed E-state index contributed by atoms with van der Waals surface area (Å²) in [5.41, 5.74) is 2.40. The van der Waals surface area contributed by atoms with Crippen molar-refractivity contribution in [1.82, 2.24) is 10.6 Å².